The second kappa shape index (κ2) is 8.31. The van der Waals surface area contributed by atoms with E-state index in [-0.39, 0.29) is 5.91 Å². The number of carbonyl (C=O) groups is 1. The van der Waals surface area contributed by atoms with Crippen LogP contribution in [-0.2, 0) is 11.3 Å². The second-order valence-electron chi connectivity index (χ2n) is 4.66. The lowest BCUT2D eigenvalue weighted by Gasteiger charge is -2.19. The summed E-state index contributed by atoms with van der Waals surface area (Å²) in [7, 11) is 0. The van der Waals surface area contributed by atoms with Gasteiger partial charge in [-0.3, -0.25) is 9.69 Å². The van der Waals surface area contributed by atoms with Crippen LogP contribution in [0.15, 0.2) is 34.1 Å². The fourth-order valence-corrected chi connectivity index (χ4v) is 3.80. The Hall–Kier alpha value is -0.590. The Morgan fingerprint density at radius 1 is 1.32 bits per heavy atom. The summed E-state index contributed by atoms with van der Waals surface area (Å²) >= 11 is 17.1. The largest absolute Gasteiger partial charge is 0.324 e. The molecule has 1 aromatic heterocycles. The number of nitrogens with zero attached hydrogens (tertiary/aromatic N) is 1. The molecule has 0 bridgehead atoms. The van der Waals surface area contributed by atoms with Gasteiger partial charge in [0.05, 0.1) is 26.1 Å². The first-order chi connectivity index (χ1) is 10.5. The predicted octanol–water partition coefficient (Wildman–Crippen LogP) is 5.28. The third kappa shape index (κ3) is 4.96. The second-order valence-corrected chi connectivity index (χ2v) is 7.99. The number of likely N-dealkylation sites (N-methyl/N-ethyl adjacent to an activating group) is 1. The quantitative estimate of drug-likeness (QED) is 0.688. The molecular formula is C15H15BrCl2N2OS. The molecule has 0 aliphatic rings. The zero-order valence-electron chi connectivity index (χ0n) is 11.9. The van der Waals surface area contributed by atoms with Crippen LogP contribution in [0.5, 0.6) is 0 Å². The summed E-state index contributed by atoms with van der Waals surface area (Å²) in [5, 5.41) is 3.59. The fraction of sp³-hybridized carbons (Fsp3) is 0.267. The van der Waals surface area contributed by atoms with E-state index in [4.69, 9.17) is 23.2 Å². The first-order valence-corrected chi connectivity index (χ1v) is 9.06. The molecule has 1 heterocycles. The van der Waals surface area contributed by atoms with Gasteiger partial charge in [-0.05, 0) is 46.7 Å². The highest BCUT2D eigenvalue weighted by Crippen LogP contribution is 2.29. The van der Waals surface area contributed by atoms with Crippen molar-refractivity contribution in [3.05, 3.63) is 49.0 Å². The van der Waals surface area contributed by atoms with E-state index in [1.54, 1.807) is 29.5 Å². The van der Waals surface area contributed by atoms with Crippen LogP contribution >= 0.6 is 50.5 Å². The molecule has 118 valence electrons. The van der Waals surface area contributed by atoms with Crippen molar-refractivity contribution in [2.24, 2.45) is 0 Å². The summed E-state index contributed by atoms with van der Waals surface area (Å²) in [4.78, 5) is 15.5. The molecule has 2 rings (SSSR count). The predicted molar refractivity (Wildman–Crippen MR) is 98.1 cm³/mol. The van der Waals surface area contributed by atoms with Gasteiger partial charge >= 0.3 is 0 Å². The molecule has 1 aromatic carbocycles. The van der Waals surface area contributed by atoms with E-state index in [9.17, 15) is 4.79 Å². The topological polar surface area (TPSA) is 32.3 Å². The first-order valence-electron chi connectivity index (χ1n) is 6.70. The first kappa shape index (κ1) is 17.8. The summed E-state index contributed by atoms with van der Waals surface area (Å²) < 4.78 is 1.09. The van der Waals surface area contributed by atoms with Gasteiger partial charge in [0.25, 0.3) is 0 Å². The molecule has 3 nitrogen and oxygen atoms in total. The number of rotatable bonds is 6. The highest BCUT2D eigenvalue weighted by molar-refractivity contribution is 9.11. The van der Waals surface area contributed by atoms with Crippen molar-refractivity contribution in [1.82, 2.24) is 4.90 Å². The monoisotopic (exact) mass is 420 g/mol. The van der Waals surface area contributed by atoms with Crippen LogP contribution in [0.4, 0.5) is 5.69 Å². The van der Waals surface area contributed by atoms with E-state index in [1.807, 2.05) is 13.0 Å². The van der Waals surface area contributed by atoms with Gasteiger partial charge in [-0.2, -0.15) is 0 Å². The normalized spacial score (nSPS) is 11.0. The lowest BCUT2D eigenvalue weighted by atomic mass is 10.3. The van der Waals surface area contributed by atoms with E-state index in [0.717, 1.165) is 16.9 Å². The average molecular weight is 422 g/mol. The molecule has 0 radical (unpaired) electrons. The van der Waals surface area contributed by atoms with Crippen LogP contribution in [0.25, 0.3) is 0 Å². The summed E-state index contributed by atoms with van der Waals surface area (Å²) in [5.41, 5.74) is 0.536. The summed E-state index contributed by atoms with van der Waals surface area (Å²) in [5.74, 6) is -0.110. The third-order valence-corrected chi connectivity index (χ3v) is 5.48. The van der Waals surface area contributed by atoms with E-state index >= 15 is 0 Å². The van der Waals surface area contributed by atoms with Crippen LogP contribution in [-0.4, -0.2) is 23.9 Å². The minimum Gasteiger partial charge on any atom is -0.324 e. The van der Waals surface area contributed by atoms with E-state index in [2.05, 4.69) is 32.2 Å². The smallest absolute Gasteiger partial charge is 0.238 e. The van der Waals surface area contributed by atoms with Crippen molar-refractivity contribution in [2.45, 2.75) is 13.5 Å². The molecule has 1 amide bonds. The molecule has 0 spiro atoms. The Bertz CT molecular complexity index is 663. The Balaban J connectivity index is 1.96. The lowest BCUT2D eigenvalue weighted by Crippen LogP contribution is -2.32. The summed E-state index contributed by atoms with van der Waals surface area (Å²) in [6.45, 7) is 3.85. The Kier molecular flexibility index (Phi) is 6.71. The zero-order chi connectivity index (χ0) is 16.1. The van der Waals surface area contributed by atoms with Crippen molar-refractivity contribution >= 4 is 62.1 Å². The van der Waals surface area contributed by atoms with Gasteiger partial charge in [0.2, 0.25) is 5.91 Å². The Morgan fingerprint density at radius 3 is 2.73 bits per heavy atom. The number of benzene rings is 1. The van der Waals surface area contributed by atoms with Crippen LogP contribution in [0.3, 0.4) is 0 Å². The average Bonchev–Trinajstić information content (AvgIpc) is 2.88. The van der Waals surface area contributed by atoms with E-state index in [0.29, 0.717) is 22.3 Å². The number of thiophene rings is 1. The lowest BCUT2D eigenvalue weighted by molar-refractivity contribution is -0.117. The molecule has 0 fully saturated rings. The molecule has 0 aliphatic carbocycles. The van der Waals surface area contributed by atoms with Crippen molar-refractivity contribution in [2.75, 3.05) is 18.4 Å². The van der Waals surface area contributed by atoms with Gasteiger partial charge in [0.1, 0.15) is 0 Å². The van der Waals surface area contributed by atoms with Gasteiger partial charge < -0.3 is 5.32 Å². The van der Waals surface area contributed by atoms with Crippen LogP contribution in [0, 0.1) is 0 Å². The van der Waals surface area contributed by atoms with Gasteiger partial charge in [-0.1, -0.05) is 36.2 Å². The molecule has 22 heavy (non-hydrogen) atoms. The van der Waals surface area contributed by atoms with Gasteiger partial charge in [0, 0.05) is 11.4 Å². The van der Waals surface area contributed by atoms with Gasteiger partial charge in [-0.25, -0.2) is 0 Å². The molecule has 0 unspecified atom stereocenters. The minimum atomic E-state index is -0.110. The van der Waals surface area contributed by atoms with Gasteiger partial charge in [0.15, 0.2) is 0 Å². The molecule has 0 saturated carbocycles. The summed E-state index contributed by atoms with van der Waals surface area (Å²) in [6, 6.07) is 9.25. The molecule has 1 N–H and O–H groups in total. The number of hydrogen-bond donors (Lipinski definition) is 1. The number of hydrogen-bond acceptors (Lipinski definition) is 3. The standard InChI is InChI=1S/C15H15BrCl2N2OS/c1-2-20(8-10-6-7-13(16)22-10)9-14(21)19-12-5-3-4-11(17)15(12)18/h3-7H,2,8-9H2,1H3,(H,19,21). The molecular weight excluding hydrogens is 407 g/mol. The molecule has 0 saturated heterocycles. The Labute approximate surface area is 152 Å². The van der Waals surface area contributed by atoms with Crippen LogP contribution in [0.2, 0.25) is 10.0 Å². The number of nitrogens with one attached hydrogen (secondary N) is 1. The summed E-state index contributed by atoms with van der Waals surface area (Å²) in [6.07, 6.45) is 0. The number of halogens is 3. The maximum Gasteiger partial charge on any atom is 0.238 e. The van der Waals surface area contributed by atoms with Crippen LogP contribution in [0.1, 0.15) is 11.8 Å². The molecule has 7 heteroatoms. The number of anilines is 1. The Morgan fingerprint density at radius 2 is 2.09 bits per heavy atom. The minimum absolute atomic E-state index is 0.110. The highest BCUT2D eigenvalue weighted by Gasteiger charge is 2.13. The van der Waals surface area contributed by atoms with E-state index < -0.39 is 0 Å². The van der Waals surface area contributed by atoms with E-state index in [1.165, 1.54) is 4.88 Å². The van der Waals surface area contributed by atoms with Crippen molar-refractivity contribution in [1.29, 1.82) is 0 Å². The number of carbonyl (C=O) groups excluding carboxylic acids is 1. The van der Waals surface area contributed by atoms with Gasteiger partial charge in [-0.15, -0.1) is 11.3 Å². The fourth-order valence-electron chi connectivity index (χ4n) is 1.93. The van der Waals surface area contributed by atoms with Crippen LogP contribution < -0.4 is 5.32 Å². The SMILES string of the molecule is CCN(CC(=O)Nc1cccc(Cl)c1Cl)Cc1ccc(Br)s1. The van der Waals surface area contributed by atoms with Crippen molar-refractivity contribution < 1.29 is 4.79 Å². The highest BCUT2D eigenvalue weighted by atomic mass is 79.9. The maximum absolute atomic E-state index is 12.2. The zero-order valence-corrected chi connectivity index (χ0v) is 15.8. The molecule has 2 aromatic rings. The molecule has 0 aliphatic heterocycles. The van der Waals surface area contributed by atoms with Crippen molar-refractivity contribution in [3.63, 3.8) is 0 Å². The number of amides is 1. The maximum atomic E-state index is 12.2. The van der Waals surface area contributed by atoms with Crippen molar-refractivity contribution in [3.8, 4) is 0 Å². The third-order valence-electron chi connectivity index (χ3n) is 3.05. The molecule has 0 atom stereocenters.